The van der Waals surface area contributed by atoms with Crippen molar-refractivity contribution < 1.29 is 4.39 Å². The van der Waals surface area contributed by atoms with Crippen molar-refractivity contribution in [3.63, 3.8) is 0 Å². The lowest BCUT2D eigenvalue weighted by Crippen LogP contribution is -2.03. The van der Waals surface area contributed by atoms with Gasteiger partial charge in [0.1, 0.15) is 0 Å². The molecule has 0 radical (unpaired) electrons. The molecule has 1 heterocycles. The Hall–Kier alpha value is -1.68. The number of aryl methyl sites for hydroxylation is 1. The second-order valence-corrected chi connectivity index (χ2v) is 3.60. The minimum Gasteiger partial charge on any atom is -0.330 e. The normalized spacial score (nSPS) is 10.6. The van der Waals surface area contributed by atoms with Crippen molar-refractivity contribution >= 4 is 0 Å². The molecule has 0 unspecified atom stereocenters. The van der Waals surface area contributed by atoms with Gasteiger partial charge in [0.15, 0.2) is 0 Å². The predicted octanol–water partition coefficient (Wildman–Crippen LogP) is 1.90. The Labute approximate surface area is 93.7 Å². The third-order valence-electron chi connectivity index (χ3n) is 2.43. The molecule has 2 rings (SSSR count). The fourth-order valence-electron chi connectivity index (χ4n) is 1.58. The lowest BCUT2D eigenvalue weighted by Gasteiger charge is -2.01. The maximum absolute atomic E-state index is 13.9. The molecule has 0 saturated carbocycles. The number of hydrogen-bond acceptors (Lipinski definition) is 2. The summed E-state index contributed by atoms with van der Waals surface area (Å²) in [5.74, 6) is -0.292. The van der Waals surface area contributed by atoms with Gasteiger partial charge in [0.05, 0.1) is 11.9 Å². The molecule has 1 aromatic heterocycles. The van der Waals surface area contributed by atoms with Gasteiger partial charge in [-0.15, -0.1) is 0 Å². The number of rotatable bonds is 4. The van der Waals surface area contributed by atoms with Crippen LogP contribution in [0.4, 0.5) is 4.39 Å². The molecular weight excluding hydrogens is 205 g/mol. The summed E-state index contributed by atoms with van der Waals surface area (Å²) in [6, 6.07) is 9.25. The van der Waals surface area contributed by atoms with Crippen molar-refractivity contribution in [3.05, 3.63) is 48.0 Å². The van der Waals surface area contributed by atoms with Crippen LogP contribution in [0.1, 0.15) is 12.0 Å². The van der Waals surface area contributed by atoms with Crippen LogP contribution in [-0.2, 0) is 6.42 Å². The zero-order valence-electron chi connectivity index (χ0n) is 8.94. The molecule has 0 fully saturated rings. The molecule has 16 heavy (non-hydrogen) atoms. The molecule has 1 aromatic carbocycles. The molecule has 0 aliphatic carbocycles. The second-order valence-electron chi connectivity index (χ2n) is 3.60. The molecule has 2 aromatic rings. The standard InChI is InChI=1S/C12H14FN3/c13-12-10(5-4-8-14)9-15-16(12)11-6-2-1-3-7-11/h1-3,6-7,9H,4-5,8,14H2. The van der Waals surface area contributed by atoms with E-state index in [-0.39, 0.29) is 5.95 Å². The zero-order chi connectivity index (χ0) is 11.4. The Morgan fingerprint density at radius 2 is 2.00 bits per heavy atom. The van der Waals surface area contributed by atoms with Crippen molar-refractivity contribution in [2.45, 2.75) is 12.8 Å². The summed E-state index contributed by atoms with van der Waals surface area (Å²) < 4.78 is 15.2. The fraction of sp³-hybridized carbons (Fsp3) is 0.250. The quantitative estimate of drug-likeness (QED) is 0.853. The predicted molar refractivity (Wildman–Crippen MR) is 60.9 cm³/mol. The monoisotopic (exact) mass is 219 g/mol. The van der Waals surface area contributed by atoms with E-state index in [0.717, 1.165) is 12.1 Å². The smallest absolute Gasteiger partial charge is 0.219 e. The average Bonchev–Trinajstić information content (AvgIpc) is 2.69. The molecule has 0 aliphatic heterocycles. The first kappa shape index (κ1) is 10.8. The van der Waals surface area contributed by atoms with E-state index in [0.29, 0.717) is 18.5 Å². The summed E-state index contributed by atoms with van der Waals surface area (Å²) >= 11 is 0. The molecular formula is C12H14FN3. The number of para-hydroxylation sites is 1. The lowest BCUT2D eigenvalue weighted by molar-refractivity contribution is 0.524. The van der Waals surface area contributed by atoms with Crippen LogP contribution in [0.25, 0.3) is 5.69 Å². The minimum atomic E-state index is -0.292. The van der Waals surface area contributed by atoms with Crippen LogP contribution < -0.4 is 5.73 Å². The summed E-state index contributed by atoms with van der Waals surface area (Å²) in [6.45, 7) is 0.565. The van der Waals surface area contributed by atoms with Gasteiger partial charge < -0.3 is 5.73 Å². The molecule has 0 atom stereocenters. The van der Waals surface area contributed by atoms with Crippen molar-refractivity contribution in [3.8, 4) is 5.69 Å². The van der Waals surface area contributed by atoms with Crippen LogP contribution in [0.2, 0.25) is 0 Å². The van der Waals surface area contributed by atoms with Crippen LogP contribution in [0.5, 0.6) is 0 Å². The average molecular weight is 219 g/mol. The molecule has 84 valence electrons. The van der Waals surface area contributed by atoms with Crippen LogP contribution in [0.3, 0.4) is 0 Å². The topological polar surface area (TPSA) is 43.8 Å². The Balaban J connectivity index is 2.27. The van der Waals surface area contributed by atoms with Crippen molar-refractivity contribution in [1.82, 2.24) is 9.78 Å². The highest BCUT2D eigenvalue weighted by Gasteiger charge is 2.10. The number of benzene rings is 1. The summed E-state index contributed by atoms with van der Waals surface area (Å²) in [6.07, 6.45) is 2.98. The van der Waals surface area contributed by atoms with E-state index in [1.54, 1.807) is 6.20 Å². The largest absolute Gasteiger partial charge is 0.330 e. The highest BCUT2D eigenvalue weighted by atomic mass is 19.1. The number of nitrogens with zero attached hydrogens (tertiary/aromatic N) is 2. The van der Waals surface area contributed by atoms with Crippen LogP contribution in [0, 0.1) is 5.95 Å². The molecule has 4 heteroatoms. The Morgan fingerprint density at radius 3 is 2.69 bits per heavy atom. The molecule has 0 aliphatic rings. The minimum absolute atomic E-state index is 0.292. The Morgan fingerprint density at radius 1 is 1.25 bits per heavy atom. The third kappa shape index (κ3) is 2.12. The van der Waals surface area contributed by atoms with Crippen molar-refractivity contribution in [2.24, 2.45) is 5.73 Å². The lowest BCUT2D eigenvalue weighted by atomic mass is 10.2. The third-order valence-corrected chi connectivity index (χ3v) is 2.43. The highest BCUT2D eigenvalue weighted by Crippen LogP contribution is 2.14. The van der Waals surface area contributed by atoms with Gasteiger partial charge >= 0.3 is 0 Å². The summed E-state index contributed by atoms with van der Waals surface area (Å²) in [5.41, 5.74) is 6.75. The SMILES string of the molecule is NCCCc1cnn(-c2ccccc2)c1F. The van der Waals surface area contributed by atoms with Gasteiger partial charge in [-0.3, -0.25) is 0 Å². The Bertz CT molecular complexity index is 451. The highest BCUT2D eigenvalue weighted by molar-refractivity contribution is 5.31. The van der Waals surface area contributed by atoms with Crippen LogP contribution in [0.15, 0.2) is 36.5 Å². The van der Waals surface area contributed by atoms with E-state index < -0.39 is 0 Å². The molecule has 0 bridgehead atoms. The van der Waals surface area contributed by atoms with Gasteiger partial charge in [-0.25, -0.2) is 4.68 Å². The van der Waals surface area contributed by atoms with Crippen molar-refractivity contribution in [2.75, 3.05) is 6.54 Å². The molecule has 0 saturated heterocycles. The maximum Gasteiger partial charge on any atom is 0.219 e. The maximum atomic E-state index is 13.9. The summed E-state index contributed by atoms with van der Waals surface area (Å²) in [4.78, 5) is 0. The van der Waals surface area contributed by atoms with Gasteiger partial charge in [0, 0.05) is 5.56 Å². The number of aromatic nitrogens is 2. The van der Waals surface area contributed by atoms with E-state index in [1.165, 1.54) is 4.68 Å². The first-order valence-corrected chi connectivity index (χ1v) is 5.31. The van der Waals surface area contributed by atoms with E-state index >= 15 is 0 Å². The summed E-state index contributed by atoms with van der Waals surface area (Å²) in [5, 5.41) is 4.04. The first-order chi connectivity index (χ1) is 7.83. The molecule has 2 N–H and O–H groups in total. The van der Waals surface area contributed by atoms with Crippen molar-refractivity contribution in [1.29, 1.82) is 0 Å². The van der Waals surface area contributed by atoms with E-state index in [2.05, 4.69) is 5.10 Å². The summed E-state index contributed by atoms with van der Waals surface area (Å²) in [7, 11) is 0. The number of hydrogen-bond donors (Lipinski definition) is 1. The van der Waals surface area contributed by atoms with Crippen LogP contribution in [-0.4, -0.2) is 16.3 Å². The second kappa shape index (κ2) is 4.90. The first-order valence-electron chi connectivity index (χ1n) is 5.31. The van der Waals surface area contributed by atoms with E-state index in [4.69, 9.17) is 5.73 Å². The zero-order valence-corrected chi connectivity index (χ0v) is 8.94. The van der Waals surface area contributed by atoms with Crippen LogP contribution >= 0.6 is 0 Å². The Kier molecular flexibility index (Phi) is 3.31. The van der Waals surface area contributed by atoms with Gasteiger partial charge in [-0.1, -0.05) is 18.2 Å². The van der Waals surface area contributed by atoms with E-state index in [9.17, 15) is 4.39 Å². The number of halogens is 1. The fourth-order valence-corrected chi connectivity index (χ4v) is 1.58. The molecule has 0 spiro atoms. The van der Waals surface area contributed by atoms with Gasteiger partial charge in [0.2, 0.25) is 5.95 Å². The molecule has 3 nitrogen and oxygen atoms in total. The molecule has 0 amide bonds. The van der Waals surface area contributed by atoms with E-state index in [1.807, 2.05) is 30.3 Å². The van der Waals surface area contributed by atoms with Gasteiger partial charge in [-0.2, -0.15) is 9.49 Å². The van der Waals surface area contributed by atoms with Gasteiger partial charge in [-0.05, 0) is 31.5 Å². The number of nitrogens with two attached hydrogens (primary N) is 1. The van der Waals surface area contributed by atoms with Gasteiger partial charge in [0.25, 0.3) is 0 Å².